The molecule has 0 saturated heterocycles. The van der Waals surface area contributed by atoms with Crippen molar-refractivity contribution in [1.29, 1.82) is 0 Å². The summed E-state index contributed by atoms with van der Waals surface area (Å²) < 4.78 is 10.4. The van der Waals surface area contributed by atoms with E-state index in [1.165, 1.54) is 23.4 Å². The van der Waals surface area contributed by atoms with Gasteiger partial charge in [-0.15, -0.1) is 10.2 Å². The van der Waals surface area contributed by atoms with Gasteiger partial charge in [0, 0.05) is 0 Å². The number of furan rings is 2. The second-order valence-electron chi connectivity index (χ2n) is 3.85. The molecule has 0 bridgehead atoms. The molecule has 0 aliphatic carbocycles. The number of hydrogen-bond acceptors (Lipinski definition) is 7. The molecule has 9 nitrogen and oxygen atoms in total. The maximum Gasteiger partial charge on any atom is 0.268 e. The molecule has 3 rings (SSSR count). The second-order valence-corrected chi connectivity index (χ2v) is 3.85. The van der Waals surface area contributed by atoms with E-state index in [9.17, 15) is 4.79 Å². The van der Waals surface area contributed by atoms with Crippen molar-refractivity contribution in [2.45, 2.75) is 6.54 Å². The van der Waals surface area contributed by atoms with E-state index in [2.05, 4.69) is 15.4 Å². The average Bonchev–Trinajstić information content (AvgIpc) is 3.19. The smallest absolute Gasteiger partial charge is 0.268 e. The van der Waals surface area contributed by atoms with Crippen LogP contribution in [0.1, 0.15) is 16.1 Å². The number of nitrogen functional groups attached to an aromatic ring is 1. The fourth-order valence-electron chi connectivity index (χ4n) is 1.69. The molecular weight excluding hydrogens is 264 g/mol. The van der Waals surface area contributed by atoms with Gasteiger partial charge in [0.05, 0.1) is 18.1 Å². The van der Waals surface area contributed by atoms with Gasteiger partial charge in [0.1, 0.15) is 12.3 Å². The Balaban J connectivity index is 1.82. The molecule has 102 valence electrons. The van der Waals surface area contributed by atoms with Gasteiger partial charge in [-0.2, -0.15) is 4.80 Å². The van der Waals surface area contributed by atoms with E-state index in [1.54, 1.807) is 12.1 Å². The maximum atomic E-state index is 11.5. The van der Waals surface area contributed by atoms with Crippen molar-refractivity contribution in [3.05, 3.63) is 42.0 Å². The van der Waals surface area contributed by atoms with Crippen molar-refractivity contribution in [2.24, 2.45) is 5.84 Å². The largest absolute Gasteiger partial charge is 0.466 e. The van der Waals surface area contributed by atoms with Crippen molar-refractivity contribution in [2.75, 3.05) is 0 Å². The van der Waals surface area contributed by atoms with Crippen molar-refractivity contribution in [3.63, 3.8) is 0 Å². The first-order valence-electron chi connectivity index (χ1n) is 5.67. The summed E-state index contributed by atoms with van der Waals surface area (Å²) in [4.78, 5) is 12.8. The number of nitrogens with two attached hydrogens (primary N) is 1. The molecule has 20 heavy (non-hydrogen) atoms. The summed E-state index contributed by atoms with van der Waals surface area (Å²) >= 11 is 0. The molecule has 3 N–H and O–H groups in total. The van der Waals surface area contributed by atoms with Gasteiger partial charge in [0.2, 0.25) is 5.82 Å². The van der Waals surface area contributed by atoms with Gasteiger partial charge in [0.15, 0.2) is 5.76 Å². The molecule has 0 saturated carbocycles. The zero-order chi connectivity index (χ0) is 13.9. The van der Waals surface area contributed by atoms with Gasteiger partial charge in [-0.05, 0) is 23.4 Å². The third-order valence-electron chi connectivity index (χ3n) is 2.60. The van der Waals surface area contributed by atoms with E-state index < -0.39 is 5.91 Å². The number of amides is 1. The lowest BCUT2D eigenvalue weighted by Gasteiger charge is -1.99. The quantitative estimate of drug-likeness (QED) is 0.395. The molecule has 3 aromatic heterocycles. The molecule has 0 fully saturated rings. The lowest BCUT2D eigenvalue weighted by atomic mass is 10.2. The highest BCUT2D eigenvalue weighted by Gasteiger charge is 2.16. The van der Waals surface area contributed by atoms with Crippen LogP contribution in [-0.4, -0.2) is 26.1 Å². The number of tetrazole rings is 1. The molecule has 0 aliphatic rings. The third kappa shape index (κ3) is 2.17. The summed E-state index contributed by atoms with van der Waals surface area (Å²) in [5.41, 5.74) is 2.36. The molecule has 0 aliphatic heterocycles. The van der Waals surface area contributed by atoms with Crippen molar-refractivity contribution < 1.29 is 13.6 Å². The molecule has 3 aromatic rings. The van der Waals surface area contributed by atoms with Gasteiger partial charge in [-0.25, -0.2) is 5.84 Å². The molecule has 1 amide bonds. The molecule has 0 radical (unpaired) electrons. The molecule has 0 aromatic carbocycles. The molecular formula is C11H10N6O3. The SMILES string of the molecule is NNC(=O)c1ccoc1Cn1nnc(-c2ccco2)n1. The standard InChI is InChI=1S/C11H10N6O3/c12-13-11(18)7-3-5-20-9(7)6-17-15-10(14-16-17)8-2-1-4-19-8/h1-5H,6,12H2,(H,13,18). The molecule has 0 spiro atoms. The normalized spacial score (nSPS) is 10.7. The molecule has 9 heteroatoms. The van der Waals surface area contributed by atoms with Crippen LogP contribution in [0.15, 0.2) is 39.6 Å². The monoisotopic (exact) mass is 274 g/mol. The predicted molar refractivity (Wildman–Crippen MR) is 65.0 cm³/mol. The number of nitrogens with zero attached hydrogens (tertiary/aromatic N) is 4. The zero-order valence-electron chi connectivity index (χ0n) is 10.2. The Bertz CT molecular complexity index is 714. The van der Waals surface area contributed by atoms with Crippen molar-refractivity contribution >= 4 is 5.91 Å². The van der Waals surface area contributed by atoms with Gasteiger partial charge in [-0.3, -0.25) is 10.2 Å². The number of carbonyl (C=O) groups is 1. The lowest BCUT2D eigenvalue weighted by molar-refractivity contribution is 0.0951. The number of nitrogens with one attached hydrogen (secondary N) is 1. The van der Waals surface area contributed by atoms with Crippen LogP contribution >= 0.6 is 0 Å². The van der Waals surface area contributed by atoms with Crippen LogP contribution in [0.3, 0.4) is 0 Å². The van der Waals surface area contributed by atoms with E-state index in [4.69, 9.17) is 14.7 Å². The number of hydrazine groups is 1. The van der Waals surface area contributed by atoms with Crippen LogP contribution in [0.5, 0.6) is 0 Å². The summed E-state index contributed by atoms with van der Waals surface area (Å²) in [7, 11) is 0. The topological polar surface area (TPSA) is 125 Å². The highest BCUT2D eigenvalue weighted by Crippen LogP contribution is 2.15. The van der Waals surface area contributed by atoms with Crippen LogP contribution in [0.25, 0.3) is 11.6 Å². The average molecular weight is 274 g/mol. The van der Waals surface area contributed by atoms with Gasteiger partial charge in [0.25, 0.3) is 5.91 Å². The Morgan fingerprint density at radius 3 is 3.00 bits per heavy atom. The highest BCUT2D eigenvalue weighted by atomic mass is 16.3. The van der Waals surface area contributed by atoms with Gasteiger partial charge in [-0.1, -0.05) is 0 Å². The molecule has 0 atom stereocenters. The fourth-order valence-corrected chi connectivity index (χ4v) is 1.69. The predicted octanol–water partition coefficient (Wildman–Crippen LogP) is 0.178. The van der Waals surface area contributed by atoms with Crippen LogP contribution in [0.4, 0.5) is 0 Å². The van der Waals surface area contributed by atoms with Crippen molar-refractivity contribution in [3.8, 4) is 11.6 Å². The maximum absolute atomic E-state index is 11.5. The van der Waals surface area contributed by atoms with Gasteiger partial charge >= 0.3 is 0 Å². The van der Waals surface area contributed by atoms with Crippen LogP contribution in [-0.2, 0) is 6.54 Å². The van der Waals surface area contributed by atoms with E-state index in [-0.39, 0.29) is 6.54 Å². The number of hydrogen-bond donors (Lipinski definition) is 2. The zero-order valence-corrected chi connectivity index (χ0v) is 10.2. The second kappa shape index (κ2) is 4.97. The summed E-state index contributed by atoms with van der Waals surface area (Å²) in [5, 5.41) is 11.9. The minimum atomic E-state index is -0.444. The van der Waals surface area contributed by atoms with E-state index in [0.717, 1.165) is 0 Å². The fraction of sp³-hybridized carbons (Fsp3) is 0.0909. The highest BCUT2D eigenvalue weighted by molar-refractivity contribution is 5.94. The first-order chi connectivity index (χ1) is 9.78. The Morgan fingerprint density at radius 1 is 1.35 bits per heavy atom. The Hall–Kier alpha value is -2.94. The van der Waals surface area contributed by atoms with Crippen LogP contribution in [0.2, 0.25) is 0 Å². The number of carbonyl (C=O) groups excluding carboxylic acids is 1. The van der Waals surface area contributed by atoms with Crippen molar-refractivity contribution in [1.82, 2.24) is 25.6 Å². The summed E-state index contributed by atoms with van der Waals surface area (Å²) in [6.45, 7) is 0.156. The molecule has 0 unspecified atom stereocenters. The Morgan fingerprint density at radius 2 is 2.25 bits per heavy atom. The summed E-state index contributed by atoms with van der Waals surface area (Å²) in [5.74, 6) is 5.89. The number of rotatable bonds is 4. The lowest BCUT2D eigenvalue weighted by Crippen LogP contribution is -2.30. The van der Waals surface area contributed by atoms with Crippen LogP contribution < -0.4 is 11.3 Å². The minimum absolute atomic E-state index is 0.156. The first kappa shape index (κ1) is 12.1. The van der Waals surface area contributed by atoms with Crippen LogP contribution in [0, 0.1) is 0 Å². The Kier molecular flexibility index (Phi) is 3.01. The summed E-state index contributed by atoms with van der Waals surface area (Å²) in [6, 6.07) is 4.97. The van der Waals surface area contributed by atoms with Gasteiger partial charge < -0.3 is 8.83 Å². The first-order valence-corrected chi connectivity index (χ1v) is 5.67. The summed E-state index contributed by atoms with van der Waals surface area (Å²) in [6.07, 6.45) is 2.91. The van der Waals surface area contributed by atoms with E-state index >= 15 is 0 Å². The molecule has 3 heterocycles. The third-order valence-corrected chi connectivity index (χ3v) is 2.60. The number of aromatic nitrogens is 4. The minimum Gasteiger partial charge on any atom is -0.466 e. The Labute approximate surface area is 112 Å². The van der Waals surface area contributed by atoms with E-state index in [1.807, 2.05) is 5.43 Å². The van der Waals surface area contributed by atoms with E-state index in [0.29, 0.717) is 22.9 Å².